The van der Waals surface area contributed by atoms with Crippen molar-refractivity contribution in [1.82, 2.24) is 4.98 Å². The molecule has 1 aliphatic carbocycles. The number of pyridine rings is 1. The van der Waals surface area contributed by atoms with E-state index >= 15 is 0 Å². The predicted molar refractivity (Wildman–Crippen MR) is 85.6 cm³/mol. The summed E-state index contributed by atoms with van der Waals surface area (Å²) in [5.74, 6) is 0.0918. The summed E-state index contributed by atoms with van der Waals surface area (Å²) < 4.78 is 0. The van der Waals surface area contributed by atoms with Crippen molar-refractivity contribution in [3.8, 4) is 17.2 Å². The Balaban J connectivity index is 2.36. The quantitative estimate of drug-likeness (QED) is 0.795. The Morgan fingerprint density at radius 2 is 1.82 bits per heavy atom. The number of hydrogen-bond acceptors (Lipinski definition) is 3. The van der Waals surface area contributed by atoms with Crippen LogP contribution in [0.1, 0.15) is 47.6 Å². The molecule has 3 nitrogen and oxygen atoms in total. The summed E-state index contributed by atoms with van der Waals surface area (Å²) in [6.45, 7) is 6.02. The smallest absolute Gasteiger partial charge is 0.165 e. The number of nitrogens with zero attached hydrogens (tertiary/aromatic N) is 2. The molecule has 0 fully saturated rings. The van der Waals surface area contributed by atoms with Gasteiger partial charge in [-0.25, -0.2) is 0 Å². The lowest BCUT2D eigenvalue weighted by Crippen LogP contribution is -2.29. The van der Waals surface area contributed by atoms with Crippen LogP contribution in [0.2, 0.25) is 0 Å². The largest absolute Gasteiger partial charge is 0.294 e. The van der Waals surface area contributed by atoms with E-state index in [0.717, 1.165) is 23.2 Å². The number of benzene rings is 1. The van der Waals surface area contributed by atoms with Gasteiger partial charge in [-0.3, -0.25) is 9.78 Å². The Kier molecular flexibility index (Phi) is 3.33. The second kappa shape index (κ2) is 5.06. The highest BCUT2D eigenvalue weighted by Gasteiger charge is 2.35. The van der Waals surface area contributed by atoms with Crippen LogP contribution in [0.5, 0.6) is 0 Å². The van der Waals surface area contributed by atoms with Gasteiger partial charge in [-0.1, -0.05) is 44.2 Å². The van der Waals surface area contributed by atoms with E-state index < -0.39 is 0 Å². The fraction of sp³-hybridized carbons (Fsp3) is 0.316. The molecule has 0 amide bonds. The van der Waals surface area contributed by atoms with Crippen molar-refractivity contribution in [3.63, 3.8) is 0 Å². The van der Waals surface area contributed by atoms with Gasteiger partial charge in [-0.05, 0) is 24.3 Å². The van der Waals surface area contributed by atoms with Crippen LogP contribution in [0.25, 0.3) is 11.1 Å². The minimum absolute atomic E-state index is 0.0777. The van der Waals surface area contributed by atoms with E-state index in [2.05, 4.69) is 24.9 Å². The zero-order valence-corrected chi connectivity index (χ0v) is 13.1. The fourth-order valence-electron chi connectivity index (χ4n) is 3.26. The lowest BCUT2D eigenvalue weighted by molar-refractivity contribution is 0.0911. The zero-order valence-electron chi connectivity index (χ0n) is 13.1. The number of aryl methyl sites for hydroxylation is 1. The average Bonchev–Trinajstić information content (AvgIpc) is 2.45. The number of aromatic nitrogens is 1. The molecule has 0 spiro atoms. The number of Topliss-reactive ketones (excluding diaryl/α,β-unsaturated/α-hetero) is 1. The number of rotatable bonds is 1. The summed E-state index contributed by atoms with van der Waals surface area (Å²) in [5, 5.41) is 9.55. The number of carbonyl (C=O) groups excluding carboxylic acids is 1. The first-order valence-electron chi connectivity index (χ1n) is 7.45. The van der Waals surface area contributed by atoms with Gasteiger partial charge in [0.05, 0.1) is 17.0 Å². The highest BCUT2D eigenvalue weighted by molar-refractivity contribution is 6.05. The Morgan fingerprint density at radius 3 is 2.45 bits per heavy atom. The highest BCUT2D eigenvalue weighted by Crippen LogP contribution is 2.40. The van der Waals surface area contributed by atoms with Crippen molar-refractivity contribution in [2.45, 2.75) is 33.6 Å². The van der Waals surface area contributed by atoms with Gasteiger partial charge >= 0.3 is 0 Å². The maximum atomic E-state index is 12.7. The minimum atomic E-state index is -0.0777. The van der Waals surface area contributed by atoms with E-state index in [4.69, 9.17) is 0 Å². The molecule has 1 heterocycles. The summed E-state index contributed by atoms with van der Waals surface area (Å²) in [6.07, 6.45) is 1.26. The molecule has 1 aromatic heterocycles. The van der Waals surface area contributed by atoms with Crippen LogP contribution in [-0.4, -0.2) is 10.8 Å². The van der Waals surface area contributed by atoms with E-state index in [-0.39, 0.29) is 11.2 Å². The predicted octanol–water partition coefficient (Wildman–Crippen LogP) is 4.08. The first-order valence-corrected chi connectivity index (χ1v) is 7.45. The first-order chi connectivity index (χ1) is 10.4. The summed E-state index contributed by atoms with van der Waals surface area (Å²) in [7, 11) is 0. The molecule has 0 radical (unpaired) electrons. The van der Waals surface area contributed by atoms with E-state index in [1.54, 1.807) is 0 Å². The van der Waals surface area contributed by atoms with Crippen LogP contribution in [0, 0.1) is 23.7 Å². The maximum absolute atomic E-state index is 12.7. The number of hydrogen-bond donors (Lipinski definition) is 0. The van der Waals surface area contributed by atoms with Gasteiger partial charge in [-0.15, -0.1) is 0 Å². The number of ketones is 1. The van der Waals surface area contributed by atoms with E-state index in [0.29, 0.717) is 23.2 Å². The first kappa shape index (κ1) is 14.5. The highest BCUT2D eigenvalue weighted by atomic mass is 16.1. The number of nitriles is 1. The third kappa shape index (κ3) is 2.31. The maximum Gasteiger partial charge on any atom is 0.165 e. The molecule has 1 aliphatic rings. The molecule has 0 aliphatic heterocycles. The lowest BCUT2D eigenvalue weighted by atomic mass is 9.73. The molecule has 3 rings (SSSR count). The minimum Gasteiger partial charge on any atom is -0.294 e. The Bertz CT molecular complexity index is 798. The molecule has 0 saturated heterocycles. The molecule has 0 N–H and O–H groups in total. The van der Waals surface area contributed by atoms with E-state index in [1.807, 2.05) is 37.3 Å². The second-order valence-electron chi connectivity index (χ2n) is 6.69. The van der Waals surface area contributed by atoms with Crippen molar-refractivity contribution in [2.75, 3.05) is 0 Å². The molecule has 110 valence electrons. The van der Waals surface area contributed by atoms with Gasteiger partial charge < -0.3 is 0 Å². The molecule has 2 aromatic rings. The standard InChI is InChI=1S/C19H18N2O/c1-12-14(11-20)17(13-7-5-4-6-8-13)18-15(21-12)9-19(2,3)10-16(18)22/h4-8H,9-10H2,1-3H3. The van der Waals surface area contributed by atoms with E-state index in [1.165, 1.54) is 0 Å². The summed E-state index contributed by atoms with van der Waals surface area (Å²) >= 11 is 0. The van der Waals surface area contributed by atoms with Crippen molar-refractivity contribution >= 4 is 5.78 Å². The monoisotopic (exact) mass is 290 g/mol. The van der Waals surface area contributed by atoms with Gasteiger partial charge in [0.2, 0.25) is 0 Å². The Hall–Kier alpha value is -2.47. The molecular formula is C19H18N2O. The molecule has 0 unspecified atom stereocenters. The molecule has 0 bridgehead atoms. The van der Waals surface area contributed by atoms with Gasteiger partial charge in [-0.2, -0.15) is 5.26 Å². The van der Waals surface area contributed by atoms with Crippen LogP contribution in [-0.2, 0) is 6.42 Å². The molecule has 0 saturated carbocycles. The van der Waals surface area contributed by atoms with Crippen LogP contribution in [0.4, 0.5) is 0 Å². The van der Waals surface area contributed by atoms with Gasteiger partial charge in [0, 0.05) is 17.5 Å². The summed E-state index contributed by atoms with van der Waals surface area (Å²) in [4.78, 5) is 17.3. The topological polar surface area (TPSA) is 53.8 Å². The molecule has 1 aromatic carbocycles. The van der Waals surface area contributed by atoms with Crippen molar-refractivity contribution in [1.29, 1.82) is 5.26 Å². The van der Waals surface area contributed by atoms with E-state index in [9.17, 15) is 10.1 Å². The van der Waals surface area contributed by atoms with Crippen LogP contribution >= 0.6 is 0 Å². The average molecular weight is 290 g/mol. The number of carbonyl (C=O) groups is 1. The lowest BCUT2D eigenvalue weighted by Gasteiger charge is -2.31. The van der Waals surface area contributed by atoms with Gasteiger partial charge in [0.1, 0.15) is 6.07 Å². The van der Waals surface area contributed by atoms with Gasteiger partial charge in [0.25, 0.3) is 0 Å². The molecule has 3 heteroatoms. The normalized spacial score (nSPS) is 16.0. The SMILES string of the molecule is Cc1nc2c(c(-c3ccccc3)c1C#N)C(=O)CC(C)(C)C2. The molecule has 0 atom stereocenters. The van der Waals surface area contributed by atoms with Crippen LogP contribution in [0.3, 0.4) is 0 Å². The summed E-state index contributed by atoms with van der Waals surface area (Å²) in [6, 6.07) is 11.9. The third-order valence-electron chi connectivity index (χ3n) is 4.19. The van der Waals surface area contributed by atoms with Crippen molar-refractivity contribution < 1.29 is 4.79 Å². The van der Waals surface area contributed by atoms with Crippen LogP contribution < -0.4 is 0 Å². The number of fused-ring (bicyclic) bond motifs is 1. The molecular weight excluding hydrogens is 272 g/mol. The molecule has 22 heavy (non-hydrogen) atoms. The van der Waals surface area contributed by atoms with Crippen molar-refractivity contribution in [2.24, 2.45) is 5.41 Å². The Labute approximate surface area is 130 Å². The second-order valence-corrected chi connectivity index (χ2v) is 6.69. The van der Waals surface area contributed by atoms with Gasteiger partial charge in [0.15, 0.2) is 5.78 Å². The zero-order chi connectivity index (χ0) is 15.9. The van der Waals surface area contributed by atoms with Crippen molar-refractivity contribution in [3.05, 3.63) is 52.8 Å². The van der Waals surface area contributed by atoms with Crippen LogP contribution in [0.15, 0.2) is 30.3 Å². The summed E-state index contributed by atoms with van der Waals surface area (Å²) in [5.41, 5.74) is 4.28. The fourth-order valence-corrected chi connectivity index (χ4v) is 3.26. The Morgan fingerprint density at radius 1 is 1.14 bits per heavy atom. The third-order valence-corrected chi connectivity index (χ3v) is 4.19.